The molecule has 1 aromatic carbocycles. The molecule has 2 amide bonds. The molecule has 3 aliphatic heterocycles. The highest BCUT2D eigenvalue weighted by Crippen LogP contribution is 2.28. The zero-order chi connectivity index (χ0) is 21.1. The van der Waals surface area contributed by atoms with Gasteiger partial charge in [0.15, 0.2) is 0 Å². The number of carbonyl (C=O) groups excluding carboxylic acids is 2. The minimum absolute atomic E-state index is 0.0265. The first kappa shape index (κ1) is 21.4. The normalized spacial score (nSPS) is 21.8. The highest BCUT2D eigenvalue weighted by molar-refractivity contribution is 6.31. The first-order chi connectivity index (χ1) is 14.6. The summed E-state index contributed by atoms with van der Waals surface area (Å²) >= 11 is 6.08. The third-order valence-electron chi connectivity index (χ3n) is 6.96. The monoisotopic (exact) mass is 433 g/mol. The van der Waals surface area contributed by atoms with E-state index in [9.17, 15) is 9.59 Å². The van der Waals surface area contributed by atoms with Gasteiger partial charge in [-0.2, -0.15) is 0 Å². The summed E-state index contributed by atoms with van der Waals surface area (Å²) in [7, 11) is 1.55. The molecule has 0 N–H and O–H groups in total. The van der Waals surface area contributed by atoms with E-state index in [1.165, 1.54) is 25.9 Å². The number of rotatable bonds is 4. The van der Waals surface area contributed by atoms with E-state index >= 15 is 0 Å². The first-order valence-corrected chi connectivity index (χ1v) is 11.6. The van der Waals surface area contributed by atoms with Gasteiger partial charge in [-0.1, -0.05) is 11.6 Å². The molecule has 0 bridgehead atoms. The van der Waals surface area contributed by atoms with E-state index in [-0.39, 0.29) is 17.7 Å². The maximum absolute atomic E-state index is 13.0. The van der Waals surface area contributed by atoms with E-state index in [0.29, 0.717) is 35.5 Å². The summed E-state index contributed by atoms with van der Waals surface area (Å²) in [6.45, 7) is 5.38. The van der Waals surface area contributed by atoms with Crippen molar-refractivity contribution in [2.45, 2.75) is 44.6 Å². The van der Waals surface area contributed by atoms with Gasteiger partial charge in [0.05, 0.1) is 12.7 Å². The molecule has 6 nitrogen and oxygen atoms in total. The van der Waals surface area contributed by atoms with Crippen LogP contribution in [0.2, 0.25) is 5.02 Å². The molecule has 7 heteroatoms. The predicted molar refractivity (Wildman–Crippen MR) is 117 cm³/mol. The van der Waals surface area contributed by atoms with E-state index in [4.69, 9.17) is 16.3 Å². The van der Waals surface area contributed by atoms with Crippen molar-refractivity contribution in [3.05, 3.63) is 28.8 Å². The Morgan fingerprint density at radius 3 is 2.20 bits per heavy atom. The zero-order valence-electron chi connectivity index (χ0n) is 17.8. The third kappa shape index (κ3) is 4.59. The molecular weight excluding hydrogens is 402 g/mol. The summed E-state index contributed by atoms with van der Waals surface area (Å²) in [5, 5.41) is 0.515. The van der Waals surface area contributed by atoms with Crippen LogP contribution in [-0.4, -0.2) is 78.9 Å². The second-order valence-electron chi connectivity index (χ2n) is 8.71. The topological polar surface area (TPSA) is 53.1 Å². The number of likely N-dealkylation sites (tertiary alicyclic amines) is 3. The lowest BCUT2D eigenvalue weighted by molar-refractivity contribution is -0.138. The minimum atomic E-state index is -0.0772. The molecule has 0 radical (unpaired) electrons. The minimum Gasteiger partial charge on any atom is -0.496 e. The Morgan fingerprint density at radius 1 is 0.933 bits per heavy atom. The average molecular weight is 434 g/mol. The molecule has 0 aliphatic carbocycles. The highest BCUT2D eigenvalue weighted by Gasteiger charge is 2.34. The van der Waals surface area contributed by atoms with Gasteiger partial charge in [-0.3, -0.25) is 9.59 Å². The summed E-state index contributed by atoms with van der Waals surface area (Å²) in [6, 6.07) is 5.75. The van der Waals surface area contributed by atoms with Crippen LogP contribution >= 0.6 is 11.6 Å². The number of benzene rings is 1. The molecule has 0 aromatic heterocycles. The lowest BCUT2D eigenvalue weighted by Gasteiger charge is -2.39. The number of nitrogens with zero attached hydrogens (tertiary/aromatic N) is 3. The predicted octanol–water partition coefficient (Wildman–Crippen LogP) is 3.29. The van der Waals surface area contributed by atoms with Gasteiger partial charge in [0.25, 0.3) is 5.91 Å². The Balaban J connectivity index is 1.29. The smallest absolute Gasteiger partial charge is 0.257 e. The molecule has 30 heavy (non-hydrogen) atoms. The number of amides is 2. The van der Waals surface area contributed by atoms with Gasteiger partial charge >= 0.3 is 0 Å². The summed E-state index contributed by atoms with van der Waals surface area (Å²) in [5.41, 5.74) is 0.485. The summed E-state index contributed by atoms with van der Waals surface area (Å²) in [6.07, 6.45) is 6.27. The van der Waals surface area contributed by atoms with Crippen molar-refractivity contribution >= 4 is 23.4 Å². The Kier molecular flexibility index (Phi) is 6.84. The van der Waals surface area contributed by atoms with Crippen LogP contribution in [0.25, 0.3) is 0 Å². The Labute approximate surface area is 184 Å². The molecule has 1 aromatic rings. The van der Waals surface area contributed by atoms with Crippen molar-refractivity contribution in [3.63, 3.8) is 0 Å². The number of methoxy groups -OCH3 is 1. The molecule has 0 spiro atoms. The van der Waals surface area contributed by atoms with E-state index in [1.807, 2.05) is 4.90 Å². The van der Waals surface area contributed by atoms with Crippen molar-refractivity contribution in [1.29, 1.82) is 0 Å². The third-order valence-corrected chi connectivity index (χ3v) is 7.19. The highest BCUT2D eigenvalue weighted by atomic mass is 35.5. The number of halogens is 1. The SMILES string of the molecule is COc1ccc(Cl)cc1C(=O)N1CCC(C(=O)N2CCC(N3CCCC3)CC2)CC1. The fraction of sp³-hybridized carbons (Fsp3) is 0.652. The van der Waals surface area contributed by atoms with Gasteiger partial charge in [-0.05, 0) is 69.8 Å². The molecular formula is C23H32ClN3O3. The van der Waals surface area contributed by atoms with Gasteiger partial charge in [-0.25, -0.2) is 0 Å². The van der Waals surface area contributed by atoms with Crippen LogP contribution in [0.1, 0.15) is 48.9 Å². The van der Waals surface area contributed by atoms with Crippen LogP contribution in [0.15, 0.2) is 18.2 Å². The standard InChI is InChI=1S/C23H32ClN3O3/c1-30-21-5-4-18(24)16-20(21)23(29)27-12-6-17(7-13-27)22(28)26-14-8-19(9-15-26)25-10-2-3-11-25/h4-5,16-17,19H,2-3,6-15H2,1H3. The van der Waals surface area contributed by atoms with Crippen molar-refractivity contribution in [3.8, 4) is 5.75 Å². The summed E-state index contributed by atoms with van der Waals surface area (Å²) < 4.78 is 5.33. The number of piperidine rings is 2. The fourth-order valence-corrected chi connectivity index (χ4v) is 5.34. The van der Waals surface area contributed by atoms with Gasteiger partial charge in [-0.15, -0.1) is 0 Å². The lowest BCUT2D eigenvalue weighted by Crippen LogP contribution is -2.49. The Bertz CT molecular complexity index is 765. The van der Waals surface area contributed by atoms with Crippen molar-refractivity contribution in [2.75, 3.05) is 46.4 Å². The quantitative estimate of drug-likeness (QED) is 0.731. The number of hydrogen-bond donors (Lipinski definition) is 0. The van der Waals surface area contributed by atoms with E-state index in [2.05, 4.69) is 9.80 Å². The van der Waals surface area contributed by atoms with E-state index in [1.54, 1.807) is 25.3 Å². The molecule has 3 heterocycles. The van der Waals surface area contributed by atoms with Crippen LogP contribution in [-0.2, 0) is 4.79 Å². The molecule has 4 rings (SSSR count). The number of carbonyl (C=O) groups is 2. The van der Waals surface area contributed by atoms with Crippen LogP contribution < -0.4 is 4.74 Å². The first-order valence-electron chi connectivity index (χ1n) is 11.2. The molecule has 0 saturated carbocycles. The average Bonchev–Trinajstić information content (AvgIpc) is 3.33. The molecule has 0 unspecified atom stereocenters. The molecule has 3 saturated heterocycles. The van der Waals surface area contributed by atoms with Crippen molar-refractivity contribution < 1.29 is 14.3 Å². The zero-order valence-corrected chi connectivity index (χ0v) is 18.6. The fourth-order valence-electron chi connectivity index (χ4n) is 5.16. The van der Waals surface area contributed by atoms with Crippen LogP contribution in [0, 0.1) is 5.92 Å². The number of hydrogen-bond acceptors (Lipinski definition) is 4. The lowest BCUT2D eigenvalue weighted by atomic mass is 9.93. The van der Waals surface area contributed by atoms with E-state index in [0.717, 1.165) is 38.8 Å². The van der Waals surface area contributed by atoms with Crippen LogP contribution in [0.4, 0.5) is 0 Å². The second kappa shape index (κ2) is 9.56. The maximum Gasteiger partial charge on any atom is 0.257 e. The van der Waals surface area contributed by atoms with E-state index < -0.39 is 0 Å². The van der Waals surface area contributed by atoms with Gasteiger partial charge < -0.3 is 19.4 Å². The maximum atomic E-state index is 13.0. The summed E-state index contributed by atoms with van der Waals surface area (Å²) in [4.78, 5) is 32.5. The Morgan fingerprint density at radius 2 is 1.57 bits per heavy atom. The van der Waals surface area contributed by atoms with Crippen molar-refractivity contribution in [1.82, 2.24) is 14.7 Å². The van der Waals surface area contributed by atoms with Gasteiger partial charge in [0.2, 0.25) is 5.91 Å². The second-order valence-corrected chi connectivity index (χ2v) is 9.15. The van der Waals surface area contributed by atoms with Crippen LogP contribution in [0.3, 0.4) is 0 Å². The molecule has 3 fully saturated rings. The summed E-state index contributed by atoms with van der Waals surface area (Å²) in [5.74, 6) is 0.760. The molecule has 3 aliphatic rings. The molecule has 0 atom stereocenters. The number of ether oxygens (including phenoxy) is 1. The van der Waals surface area contributed by atoms with Crippen LogP contribution in [0.5, 0.6) is 5.75 Å². The largest absolute Gasteiger partial charge is 0.496 e. The van der Waals surface area contributed by atoms with Gasteiger partial charge in [0.1, 0.15) is 5.75 Å². The molecule has 164 valence electrons. The van der Waals surface area contributed by atoms with Crippen molar-refractivity contribution in [2.24, 2.45) is 5.92 Å². The Hall–Kier alpha value is -1.79. The van der Waals surface area contributed by atoms with Gasteiger partial charge in [0, 0.05) is 43.2 Å².